The molecule has 0 saturated heterocycles. The number of hydrogen-bond donors (Lipinski definition) is 0. The molecule has 0 aliphatic heterocycles. The van der Waals surface area contributed by atoms with Crippen LogP contribution in [0.15, 0.2) is 65.2 Å². The molecule has 0 fully saturated rings. The smallest absolute Gasteiger partial charge is 0.263 e. The standard InChI is InChI=1S/C17H14N2O3S/c1-3-14-6-10-16(11-7-14)23(20,21)22-19-17(12-18)15-8-4-13(2)5-9-15/h3-11H,1H2,2H3/b19-17-. The van der Waals surface area contributed by atoms with Crippen molar-refractivity contribution in [3.63, 3.8) is 0 Å². The molecule has 116 valence electrons. The molecular weight excluding hydrogens is 312 g/mol. The second-order valence-corrected chi connectivity index (χ2v) is 6.25. The van der Waals surface area contributed by atoms with Gasteiger partial charge in [-0.1, -0.05) is 59.8 Å². The van der Waals surface area contributed by atoms with Crippen LogP contribution >= 0.6 is 0 Å². The Bertz CT molecular complexity index is 875. The fraction of sp³-hybridized carbons (Fsp3) is 0.0588. The summed E-state index contributed by atoms with van der Waals surface area (Å²) in [5, 5.41) is 12.6. The third-order valence-electron chi connectivity index (χ3n) is 3.06. The first-order chi connectivity index (χ1) is 11.0. The Morgan fingerprint density at radius 2 is 1.78 bits per heavy atom. The molecule has 0 radical (unpaired) electrons. The summed E-state index contributed by atoms with van der Waals surface area (Å²) >= 11 is 0. The first-order valence-electron chi connectivity index (χ1n) is 6.67. The van der Waals surface area contributed by atoms with Crippen LogP contribution in [-0.2, 0) is 14.4 Å². The Hall–Kier alpha value is -2.91. The predicted molar refractivity (Wildman–Crippen MR) is 88.1 cm³/mol. The van der Waals surface area contributed by atoms with Crippen molar-refractivity contribution < 1.29 is 12.7 Å². The van der Waals surface area contributed by atoms with E-state index in [0.29, 0.717) is 5.56 Å². The van der Waals surface area contributed by atoms with Crippen molar-refractivity contribution in [2.75, 3.05) is 0 Å². The lowest BCUT2D eigenvalue weighted by Crippen LogP contribution is -2.06. The first-order valence-corrected chi connectivity index (χ1v) is 8.08. The molecule has 0 aliphatic carbocycles. The third-order valence-corrected chi connectivity index (χ3v) is 4.18. The van der Waals surface area contributed by atoms with Crippen molar-refractivity contribution in [1.82, 2.24) is 0 Å². The summed E-state index contributed by atoms with van der Waals surface area (Å²) < 4.78 is 28.8. The van der Waals surface area contributed by atoms with Gasteiger partial charge in [-0.25, -0.2) is 0 Å². The van der Waals surface area contributed by atoms with Crippen molar-refractivity contribution in [3.05, 3.63) is 71.8 Å². The number of rotatable bonds is 5. The second-order valence-electron chi connectivity index (χ2n) is 4.72. The molecule has 6 heteroatoms. The van der Waals surface area contributed by atoms with Gasteiger partial charge in [-0.15, -0.1) is 0 Å². The first kappa shape index (κ1) is 16.5. The number of nitriles is 1. The summed E-state index contributed by atoms with van der Waals surface area (Å²) in [6, 6.07) is 14.7. The van der Waals surface area contributed by atoms with Gasteiger partial charge < -0.3 is 0 Å². The van der Waals surface area contributed by atoms with E-state index in [1.165, 1.54) is 12.1 Å². The third kappa shape index (κ3) is 4.05. The van der Waals surface area contributed by atoms with E-state index in [0.717, 1.165) is 11.1 Å². The van der Waals surface area contributed by atoms with Gasteiger partial charge in [-0.3, -0.25) is 4.28 Å². The van der Waals surface area contributed by atoms with Crippen molar-refractivity contribution in [2.24, 2.45) is 5.16 Å². The van der Waals surface area contributed by atoms with Gasteiger partial charge in [0.2, 0.25) is 0 Å². The molecule has 0 unspecified atom stereocenters. The van der Waals surface area contributed by atoms with Gasteiger partial charge in [-0.05, 0) is 24.6 Å². The number of hydrogen-bond acceptors (Lipinski definition) is 5. The number of benzene rings is 2. The summed E-state index contributed by atoms with van der Waals surface area (Å²) in [5.74, 6) is 0. The fourth-order valence-corrected chi connectivity index (χ4v) is 2.48. The van der Waals surface area contributed by atoms with Crippen molar-refractivity contribution >= 4 is 21.9 Å². The molecule has 0 aromatic heterocycles. The van der Waals surface area contributed by atoms with Crippen LogP contribution in [0.4, 0.5) is 0 Å². The van der Waals surface area contributed by atoms with E-state index in [9.17, 15) is 8.42 Å². The zero-order chi connectivity index (χ0) is 16.9. The second kappa shape index (κ2) is 6.90. The highest BCUT2D eigenvalue weighted by molar-refractivity contribution is 7.86. The Kier molecular flexibility index (Phi) is 4.94. The maximum absolute atomic E-state index is 12.1. The molecule has 2 rings (SSSR count). The Labute approximate surface area is 135 Å². The molecule has 23 heavy (non-hydrogen) atoms. The van der Waals surface area contributed by atoms with Crippen molar-refractivity contribution in [2.45, 2.75) is 11.8 Å². The minimum atomic E-state index is -4.08. The highest BCUT2D eigenvalue weighted by atomic mass is 32.2. The Morgan fingerprint density at radius 3 is 2.30 bits per heavy atom. The van der Waals surface area contributed by atoms with E-state index < -0.39 is 10.1 Å². The normalized spacial score (nSPS) is 11.6. The van der Waals surface area contributed by atoms with Crippen LogP contribution in [0.1, 0.15) is 16.7 Å². The SMILES string of the molecule is C=Cc1ccc(S(=O)(=O)O/N=C(/C#N)c2ccc(C)cc2)cc1. The molecule has 0 saturated carbocycles. The quantitative estimate of drug-likeness (QED) is 0.624. The van der Waals surface area contributed by atoms with Crippen molar-refractivity contribution in [3.8, 4) is 6.07 Å². The van der Waals surface area contributed by atoms with E-state index >= 15 is 0 Å². The van der Waals surface area contributed by atoms with Crippen LogP contribution in [0.25, 0.3) is 6.08 Å². The largest absolute Gasteiger partial charge is 0.358 e. The Balaban J connectivity index is 2.26. The lowest BCUT2D eigenvalue weighted by Gasteiger charge is -2.03. The summed E-state index contributed by atoms with van der Waals surface area (Å²) in [4.78, 5) is -0.0481. The maximum atomic E-state index is 12.1. The van der Waals surface area contributed by atoms with E-state index in [2.05, 4.69) is 16.0 Å². The molecule has 0 bridgehead atoms. The molecular formula is C17H14N2O3S. The van der Waals surface area contributed by atoms with Gasteiger partial charge >= 0.3 is 10.1 Å². The van der Waals surface area contributed by atoms with Crippen LogP contribution in [0.5, 0.6) is 0 Å². The zero-order valence-corrected chi connectivity index (χ0v) is 13.2. The van der Waals surface area contributed by atoms with Crippen LogP contribution in [0, 0.1) is 18.3 Å². The van der Waals surface area contributed by atoms with E-state index in [1.54, 1.807) is 42.5 Å². The van der Waals surface area contributed by atoms with Gasteiger partial charge in [0.1, 0.15) is 11.0 Å². The molecule has 5 nitrogen and oxygen atoms in total. The highest BCUT2D eigenvalue weighted by Crippen LogP contribution is 2.15. The summed E-state index contributed by atoms with van der Waals surface area (Å²) in [6.07, 6.45) is 1.60. The van der Waals surface area contributed by atoms with Crippen LogP contribution in [0.3, 0.4) is 0 Å². The van der Waals surface area contributed by atoms with Gasteiger partial charge in [0.05, 0.1) is 0 Å². The number of oxime groups is 1. The minimum Gasteiger partial charge on any atom is -0.263 e. The molecule has 0 spiro atoms. The lowest BCUT2D eigenvalue weighted by atomic mass is 10.1. The molecule has 2 aromatic carbocycles. The molecule has 0 aliphatic rings. The molecule has 2 aromatic rings. The average Bonchev–Trinajstić information content (AvgIpc) is 2.57. The van der Waals surface area contributed by atoms with Crippen LogP contribution in [0.2, 0.25) is 0 Å². The zero-order valence-electron chi connectivity index (χ0n) is 12.4. The van der Waals surface area contributed by atoms with Gasteiger partial charge in [0, 0.05) is 5.56 Å². The molecule has 0 atom stereocenters. The minimum absolute atomic E-state index is 0.0481. The van der Waals surface area contributed by atoms with E-state index in [-0.39, 0.29) is 10.6 Å². The average molecular weight is 326 g/mol. The molecule has 0 N–H and O–H groups in total. The van der Waals surface area contributed by atoms with Crippen LogP contribution < -0.4 is 0 Å². The predicted octanol–water partition coefficient (Wildman–Crippen LogP) is 3.27. The summed E-state index contributed by atoms with van der Waals surface area (Å²) in [7, 11) is -4.08. The van der Waals surface area contributed by atoms with Gasteiger partial charge in [0.25, 0.3) is 0 Å². The summed E-state index contributed by atoms with van der Waals surface area (Å²) in [5.41, 5.74) is 2.17. The number of nitrogens with zero attached hydrogens (tertiary/aromatic N) is 2. The topological polar surface area (TPSA) is 79.5 Å². The van der Waals surface area contributed by atoms with Crippen molar-refractivity contribution in [1.29, 1.82) is 5.26 Å². The molecule has 0 amide bonds. The van der Waals surface area contributed by atoms with Crippen LogP contribution in [-0.4, -0.2) is 14.1 Å². The van der Waals surface area contributed by atoms with Gasteiger partial charge in [-0.2, -0.15) is 13.7 Å². The molecule has 0 heterocycles. The van der Waals surface area contributed by atoms with Gasteiger partial charge in [0.15, 0.2) is 5.71 Å². The highest BCUT2D eigenvalue weighted by Gasteiger charge is 2.16. The number of aryl methyl sites for hydroxylation is 1. The lowest BCUT2D eigenvalue weighted by molar-refractivity contribution is 0.339. The fourth-order valence-electron chi connectivity index (χ4n) is 1.75. The van der Waals surface area contributed by atoms with E-state index in [1.807, 2.05) is 13.0 Å². The summed E-state index contributed by atoms with van der Waals surface area (Å²) in [6.45, 7) is 5.50. The monoisotopic (exact) mass is 326 g/mol. The maximum Gasteiger partial charge on any atom is 0.358 e. The Morgan fingerprint density at radius 1 is 1.17 bits per heavy atom. The van der Waals surface area contributed by atoms with E-state index in [4.69, 9.17) is 5.26 Å².